The van der Waals surface area contributed by atoms with Crippen LogP contribution >= 0.6 is 0 Å². The molecule has 4 heteroatoms. The van der Waals surface area contributed by atoms with Crippen LogP contribution in [0.2, 0.25) is 0 Å². The Morgan fingerprint density at radius 3 is 3.10 bits per heavy atom. The zero-order chi connectivity index (χ0) is 15.2. The van der Waals surface area contributed by atoms with Crippen LogP contribution in [0.15, 0.2) is 18.2 Å². The van der Waals surface area contributed by atoms with Crippen molar-refractivity contribution >= 4 is 6.09 Å². The van der Waals surface area contributed by atoms with Crippen molar-refractivity contribution in [3.05, 3.63) is 29.3 Å². The highest BCUT2D eigenvalue weighted by Gasteiger charge is 2.20. The molecule has 1 aromatic rings. The molecule has 0 heterocycles. The number of fused-ring (bicyclic) bond motifs is 1. The standard InChI is InChI=1S/C17H22N2O2/c1-4-11-18-16-8-6-7-13-12-14(9-10-15(13)16)21-17(20)19(3)5-2/h1,9-10,12,16,18H,5-8,11H2,2-3H3. The Balaban J connectivity index is 2.12. The van der Waals surface area contributed by atoms with Crippen LogP contribution in [0.5, 0.6) is 5.75 Å². The predicted molar refractivity (Wildman–Crippen MR) is 83.3 cm³/mol. The second-order valence-corrected chi connectivity index (χ2v) is 5.27. The third kappa shape index (κ3) is 3.77. The van der Waals surface area contributed by atoms with Crippen molar-refractivity contribution in [2.45, 2.75) is 32.2 Å². The summed E-state index contributed by atoms with van der Waals surface area (Å²) in [4.78, 5) is 13.3. The average molecular weight is 286 g/mol. The first-order valence-corrected chi connectivity index (χ1v) is 7.38. The van der Waals surface area contributed by atoms with Gasteiger partial charge in [0.25, 0.3) is 0 Å². The Bertz CT molecular complexity index is 548. The van der Waals surface area contributed by atoms with Crippen molar-refractivity contribution in [1.29, 1.82) is 0 Å². The minimum absolute atomic E-state index is 0.299. The van der Waals surface area contributed by atoms with Crippen molar-refractivity contribution in [2.24, 2.45) is 0 Å². The molecule has 0 spiro atoms. The fourth-order valence-corrected chi connectivity index (χ4v) is 2.56. The first-order valence-electron chi connectivity index (χ1n) is 7.38. The van der Waals surface area contributed by atoms with Crippen molar-refractivity contribution in [3.63, 3.8) is 0 Å². The summed E-state index contributed by atoms with van der Waals surface area (Å²) in [7, 11) is 1.72. The molecule has 0 aliphatic heterocycles. The summed E-state index contributed by atoms with van der Waals surface area (Å²) in [5, 5.41) is 3.36. The van der Waals surface area contributed by atoms with Gasteiger partial charge in [0.2, 0.25) is 0 Å². The SMILES string of the molecule is C#CCNC1CCCc2cc(OC(=O)N(C)CC)ccc21. The molecule has 21 heavy (non-hydrogen) atoms. The lowest BCUT2D eigenvalue weighted by atomic mass is 9.87. The van der Waals surface area contributed by atoms with E-state index in [9.17, 15) is 4.79 Å². The third-order valence-electron chi connectivity index (χ3n) is 3.87. The molecule has 4 nitrogen and oxygen atoms in total. The van der Waals surface area contributed by atoms with Crippen LogP contribution in [0.25, 0.3) is 0 Å². The lowest BCUT2D eigenvalue weighted by Gasteiger charge is -2.26. The Labute approximate surface area is 126 Å². The van der Waals surface area contributed by atoms with Crippen molar-refractivity contribution in [3.8, 4) is 18.1 Å². The summed E-state index contributed by atoms with van der Waals surface area (Å²) in [6.07, 6.45) is 8.20. The summed E-state index contributed by atoms with van der Waals surface area (Å²) in [6.45, 7) is 3.11. The van der Waals surface area contributed by atoms with E-state index in [1.165, 1.54) is 16.0 Å². The van der Waals surface area contributed by atoms with Gasteiger partial charge in [-0.05, 0) is 49.4 Å². The molecular formula is C17H22N2O2. The number of carbonyl (C=O) groups is 1. The van der Waals surface area contributed by atoms with Crippen molar-refractivity contribution < 1.29 is 9.53 Å². The van der Waals surface area contributed by atoms with E-state index in [2.05, 4.69) is 11.2 Å². The number of ether oxygens (including phenoxy) is 1. The molecule has 0 saturated heterocycles. The van der Waals surface area contributed by atoms with Crippen LogP contribution in [0, 0.1) is 12.3 Å². The Morgan fingerprint density at radius 2 is 2.38 bits per heavy atom. The predicted octanol–water partition coefficient (Wildman–Crippen LogP) is 2.74. The molecule has 1 N–H and O–H groups in total. The number of benzene rings is 1. The summed E-state index contributed by atoms with van der Waals surface area (Å²) < 4.78 is 5.38. The highest BCUT2D eigenvalue weighted by Crippen LogP contribution is 2.32. The summed E-state index contributed by atoms with van der Waals surface area (Å²) in [5.41, 5.74) is 2.50. The monoisotopic (exact) mass is 286 g/mol. The zero-order valence-corrected chi connectivity index (χ0v) is 12.7. The lowest BCUT2D eigenvalue weighted by Crippen LogP contribution is -2.29. The van der Waals surface area contributed by atoms with E-state index in [1.54, 1.807) is 7.05 Å². The molecule has 112 valence electrons. The molecule has 1 aliphatic rings. The van der Waals surface area contributed by atoms with Gasteiger partial charge in [0.15, 0.2) is 0 Å². The van der Waals surface area contributed by atoms with Gasteiger partial charge in [0, 0.05) is 19.6 Å². The van der Waals surface area contributed by atoms with E-state index in [-0.39, 0.29) is 6.09 Å². The molecule has 2 rings (SSSR count). The topological polar surface area (TPSA) is 41.6 Å². The van der Waals surface area contributed by atoms with Crippen molar-refractivity contribution in [2.75, 3.05) is 20.1 Å². The minimum atomic E-state index is -0.324. The zero-order valence-electron chi connectivity index (χ0n) is 12.7. The molecule has 1 aromatic carbocycles. The number of terminal acetylenes is 1. The van der Waals surface area contributed by atoms with Gasteiger partial charge in [-0.1, -0.05) is 12.0 Å². The smallest absolute Gasteiger partial charge is 0.410 e. The van der Waals surface area contributed by atoms with Crippen LogP contribution in [0.3, 0.4) is 0 Å². The van der Waals surface area contributed by atoms with Gasteiger partial charge >= 0.3 is 6.09 Å². The first-order chi connectivity index (χ1) is 10.2. The van der Waals surface area contributed by atoms with Crippen LogP contribution in [-0.2, 0) is 6.42 Å². The minimum Gasteiger partial charge on any atom is -0.410 e. The third-order valence-corrected chi connectivity index (χ3v) is 3.87. The molecule has 1 amide bonds. The number of amides is 1. The van der Waals surface area contributed by atoms with Crippen molar-refractivity contribution in [1.82, 2.24) is 10.2 Å². The summed E-state index contributed by atoms with van der Waals surface area (Å²) in [6, 6.07) is 6.17. The molecule has 0 radical (unpaired) electrons. The van der Waals surface area contributed by atoms with Gasteiger partial charge in [0.05, 0.1) is 6.54 Å². The van der Waals surface area contributed by atoms with Crippen LogP contribution < -0.4 is 10.1 Å². The van der Waals surface area contributed by atoms with Gasteiger partial charge in [-0.25, -0.2) is 4.79 Å². The van der Waals surface area contributed by atoms with E-state index >= 15 is 0 Å². The second-order valence-electron chi connectivity index (χ2n) is 5.27. The van der Waals surface area contributed by atoms with E-state index in [0.29, 0.717) is 24.9 Å². The Hall–Kier alpha value is -1.99. The summed E-state index contributed by atoms with van der Waals surface area (Å²) >= 11 is 0. The highest BCUT2D eigenvalue weighted by molar-refractivity contribution is 5.70. The molecule has 0 bridgehead atoms. The number of rotatable bonds is 4. The van der Waals surface area contributed by atoms with Gasteiger partial charge < -0.3 is 9.64 Å². The summed E-state index contributed by atoms with van der Waals surface area (Å²) in [5.74, 6) is 3.22. The first kappa shape index (κ1) is 15.4. The van der Waals surface area contributed by atoms with Gasteiger partial charge in [-0.15, -0.1) is 6.42 Å². The number of nitrogens with zero attached hydrogens (tertiary/aromatic N) is 1. The van der Waals surface area contributed by atoms with E-state index < -0.39 is 0 Å². The average Bonchev–Trinajstić information content (AvgIpc) is 2.51. The molecule has 1 aliphatic carbocycles. The number of hydrogen-bond donors (Lipinski definition) is 1. The van der Waals surface area contributed by atoms with Gasteiger partial charge in [0.1, 0.15) is 5.75 Å². The maximum Gasteiger partial charge on any atom is 0.414 e. The number of nitrogens with one attached hydrogen (secondary N) is 1. The van der Waals surface area contributed by atoms with E-state index in [4.69, 9.17) is 11.2 Å². The number of aryl methyl sites for hydroxylation is 1. The number of carbonyl (C=O) groups excluding carboxylic acids is 1. The lowest BCUT2D eigenvalue weighted by molar-refractivity contribution is 0.165. The Kier molecular flexibility index (Phi) is 5.24. The normalized spacial score (nSPS) is 16.7. The fourth-order valence-electron chi connectivity index (χ4n) is 2.56. The van der Waals surface area contributed by atoms with Crippen LogP contribution in [-0.4, -0.2) is 31.1 Å². The number of hydrogen-bond acceptors (Lipinski definition) is 3. The van der Waals surface area contributed by atoms with Crippen LogP contribution in [0.1, 0.15) is 36.9 Å². The fraction of sp³-hybridized carbons (Fsp3) is 0.471. The molecular weight excluding hydrogens is 264 g/mol. The quantitative estimate of drug-likeness (QED) is 0.865. The maximum atomic E-state index is 11.8. The maximum absolute atomic E-state index is 11.8. The largest absolute Gasteiger partial charge is 0.414 e. The molecule has 1 atom stereocenters. The Morgan fingerprint density at radius 1 is 1.57 bits per heavy atom. The van der Waals surface area contributed by atoms with Crippen LogP contribution in [0.4, 0.5) is 4.79 Å². The molecule has 1 unspecified atom stereocenters. The highest BCUT2D eigenvalue weighted by atomic mass is 16.6. The van der Waals surface area contributed by atoms with E-state index in [1.807, 2.05) is 25.1 Å². The molecule has 0 fully saturated rings. The van der Waals surface area contributed by atoms with E-state index in [0.717, 1.165) is 19.3 Å². The second kappa shape index (κ2) is 7.14. The van der Waals surface area contributed by atoms with Gasteiger partial charge in [-0.3, -0.25) is 5.32 Å². The molecule has 0 saturated carbocycles. The van der Waals surface area contributed by atoms with Gasteiger partial charge in [-0.2, -0.15) is 0 Å². The molecule has 0 aromatic heterocycles.